The molecule has 0 fully saturated rings. The predicted molar refractivity (Wildman–Crippen MR) is 74.9 cm³/mol. The van der Waals surface area contributed by atoms with E-state index < -0.39 is 0 Å². The Morgan fingerprint density at radius 1 is 1.22 bits per heavy atom. The average Bonchev–Trinajstić information content (AvgIpc) is 2.88. The van der Waals surface area contributed by atoms with Gasteiger partial charge in [0.2, 0.25) is 0 Å². The maximum Gasteiger partial charge on any atom is 0.130 e. The summed E-state index contributed by atoms with van der Waals surface area (Å²) in [6.07, 6.45) is 5.52. The molecule has 2 aromatic rings. The van der Waals surface area contributed by atoms with Gasteiger partial charge in [0, 0.05) is 22.8 Å². The second kappa shape index (κ2) is 5.91. The molecule has 0 amide bonds. The van der Waals surface area contributed by atoms with Crippen molar-refractivity contribution in [3.05, 3.63) is 34.2 Å². The normalized spacial score (nSPS) is 12.4. The van der Waals surface area contributed by atoms with Gasteiger partial charge >= 0.3 is 0 Å². The number of aryl methyl sites for hydroxylation is 2. The minimum atomic E-state index is 0.176. The van der Waals surface area contributed by atoms with Crippen molar-refractivity contribution in [3.63, 3.8) is 0 Å². The van der Waals surface area contributed by atoms with E-state index in [1.54, 1.807) is 17.7 Å². The fourth-order valence-corrected chi connectivity index (χ4v) is 2.50. The summed E-state index contributed by atoms with van der Waals surface area (Å²) in [7, 11) is 0. The number of nitrogens with one attached hydrogen (secondary N) is 1. The first-order valence-electron chi connectivity index (χ1n) is 6.25. The molecule has 1 N–H and O–H groups in total. The Bertz CT molecular complexity index is 509. The van der Waals surface area contributed by atoms with Gasteiger partial charge in [-0.1, -0.05) is 13.8 Å². The molecule has 0 aliphatic rings. The zero-order valence-electron chi connectivity index (χ0n) is 11.0. The number of hydrogen-bond donors (Lipinski definition) is 1. The van der Waals surface area contributed by atoms with Crippen LogP contribution >= 0.6 is 11.3 Å². The van der Waals surface area contributed by atoms with Crippen molar-refractivity contribution in [3.8, 4) is 0 Å². The van der Waals surface area contributed by atoms with Gasteiger partial charge < -0.3 is 5.32 Å². The maximum atomic E-state index is 4.44. The first-order valence-corrected chi connectivity index (χ1v) is 7.06. The molecule has 0 radical (unpaired) electrons. The molecule has 4 nitrogen and oxygen atoms in total. The highest BCUT2D eigenvalue weighted by Gasteiger charge is 2.10. The van der Waals surface area contributed by atoms with E-state index in [0.717, 1.165) is 29.4 Å². The highest BCUT2D eigenvalue weighted by Crippen LogP contribution is 2.23. The van der Waals surface area contributed by atoms with Gasteiger partial charge in [-0.2, -0.15) is 0 Å². The molecule has 18 heavy (non-hydrogen) atoms. The van der Waals surface area contributed by atoms with Crippen LogP contribution in [0.25, 0.3) is 0 Å². The van der Waals surface area contributed by atoms with Crippen LogP contribution in [-0.2, 0) is 12.8 Å². The number of anilines is 1. The molecule has 2 heterocycles. The quantitative estimate of drug-likeness (QED) is 0.898. The van der Waals surface area contributed by atoms with Crippen LogP contribution in [0.15, 0.2) is 18.6 Å². The summed E-state index contributed by atoms with van der Waals surface area (Å²) in [4.78, 5) is 14.2. The minimum absolute atomic E-state index is 0.176. The highest BCUT2D eigenvalue weighted by atomic mass is 32.1. The molecule has 1 unspecified atom stereocenters. The molecule has 5 heteroatoms. The molecule has 96 valence electrons. The molecule has 0 aliphatic carbocycles. The average molecular weight is 262 g/mol. The Balaban J connectivity index is 2.08. The van der Waals surface area contributed by atoms with Crippen LogP contribution in [0.1, 0.15) is 42.4 Å². The molecule has 1 atom stereocenters. The fraction of sp³-hybridized carbons (Fsp3) is 0.462. The van der Waals surface area contributed by atoms with Crippen molar-refractivity contribution in [2.24, 2.45) is 0 Å². The Labute approximate surface area is 112 Å². The first kappa shape index (κ1) is 13.0. The second-order valence-electron chi connectivity index (χ2n) is 4.13. The molecule has 0 spiro atoms. The van der Waals surface area contributed by atoms with Crippen LogP contribution in [0.3, 0.4) is 0 Å². The van der Waals surface area contributed by atoms with E-state index in [9.17, 15) is 0 Å². The highest BCUT2D eigenvalue weighted by molar-refractivity contribution is 7.11. The van der Waals surface area contributed by atoms with Crippen molar-refractivity contribution in [1.29, 1.82) is 0 Å². The van der Waals surface area contributed by atoms with E-state index in [1.165, 1.54) is 4.88 Å². The lowest BCUT2D eigenvalue weighted by atomic mass is 10.3. The molecule has 2 aromatic heterocycles. The van der Waals surface area contributed by atoms with E-state index in [4.69, 9.17) is 0 Å². The van der Waals surface area contributed by atoms with Crippen LogP contribution in [-0.4, -0.2) is 15.0 Å². The lowest BCUT2D eigenvalue weighted by Gasteiger charge is -2.12. The zero-order chi connectivity index (χ0) is 13.0. The van der Waals surface area contributed by atoms with Gasteiger partial charge in [0.25, 0.3) is 0 Å². The predicted octanol–water partition coefficient (Wildman–Crippen LogP) is 3.23. The van der Waals surface area contributed by atoms with E-state index in [0.29, 0.717) is 0 Å². The van der Waals surface area contributed by atoms with Gasteiger partial charge in [-0.25, -0.2) is 15.0 Å². The van der Waals surface area contributed by atoms with E-state index >= 15 is 0 Å². The first-order chi connectivity index (χ1) is 8.72. The lowest BCUT2D eigenvalue weighted by Crippen LogP contribution is -2.08. The summed E-state index contributed by atoms with van der Waals surface area (Å²) < 4.78 is 0. The van der Waals surface area contributed by atoms with Crippen LogP contribution in [0.5, 0.6) is 0 Å². The Morgan fingerprint density at radius 2 is 2.06 bits per heavy atom. The van der Waals surface area contributed by atoms with Crippen molar-refractivity contribution in [2.45, 2.75) is 39.7 Å². The Kier molecular flexibility index (Phi) is 4.25. The number of nitrogens with zero attached hydrogens (tertiary/aromatic N) is 3. The van der Waals surface area contributed by atoms with Gasteiger partial charge in [0.05, 0.1) is 6.04 Å². The molecule has 0 saturated carbocycles. The molecule has 0 bridgehead atoms. The van der Waals surface area contributed by atoms with Crippen molar-refractivity contribution in [2.75, 3.05) is 5.32 Å². The molecule has 0 saturated heterocycles. The second-order valence-corrected chi connectivity index (χ2v) is 5.28. The summed E-state index contributed by atoms with van der Waals surface area (Å²) in [5.41, 5.74) is 1.05. The van der Waals surface area contributed by atoms with E-state index in [1.807, 2.05) is 12.3 Å². The number of aromatic nitrogens is 3. The van der Waals surface area contributed by atoms with Crippen LogP contribution < -0.4 is 5.32 Å². The minimum Gasteiger partial charge on any atom is -0.361 e. The smallest absolute Gasteiger partial charge is 0.130 e. The molecule has 0 aliphatic heterocycles. The molecule has 2 rings (SSSR count). The number of rotatable bonds is 5. The molecule has 0 aromatic carbocycles. The Hall–Kier alpha value is -1.49. The monoisotopic (exact) mass is 262 g/mol. The topological polar surface area (TPSA) is 50.7 Å². The van der Waals surface area contributed by atoms with Crippen LogP contribution in [0, 0.1) is 0 Å². The molecular formula is C13H18N4S. The van der Waals surface area contributed by atoms with Crippen molar-refractivity contribution in [1.82, 2.24) is 15.0 Å². The van der Waals surface area contributed by atoms with Gasteiger partial charge in [-0.3, -0.25) is 0 Å². The number of thiazole rings is 1. The summed E-state index contributed by atoms with van der Waals surface area (Å²) in [5.74, 6) is 0.864. The SMILES string of the molecule is CCc1cc(NC(C)c2ncc(CC)s2)ncn1. The lowest BCUT2D eigenvalue weighted by molar-refractivity contribution is 0.854. The standard InChI is InChI=1S/C13H18N4S/c1-4-10-6-12(16-8-15-10)17-9(3)13-14-7-11(5-2)18-13/h6-9H,4-5H2,1-3H3,(H,15,16,17). The van der Waals surface area contributed by atoms with E-state index in [-0.39, 0.29) is 6.04 Å². The zero-order valence-corrected chi connectivity index (χ0v) is 11.8. The third-order valence-electron chi connectivity index (χ3n) is 2.74. The van der Waals surface area contributed by atoms with Gasteiger partial charge in [-0.15, -0.1) is 11.3 Å². The fourth-order valence-electron chi connectivity index (χ4n) is 1.64. The van der Waals surface area contributed by atoms with Crippen LogP contribution in [0.4, 0.5) is 5.82 Å². The number of hydrogen-bond acceptors (Lipinski definition) is 5. The maximum absolute atomic E-state index is 4.44. The summed E-state index contributed by atoms with van der Waals surface area (Å²) in [6.45, 7) is 6.34. The third kappa shape index (κ3) is 3.04. The van der Waals surface area contributed by atoms with Crippen molar-refractivity contribution < 1.29 is 0 Å². The molecular weight excluding hydrogens is 244 g/mol. The van der Waals surface area contributed by atoms with Gasteiger partial charge in [0.1, 0.15) is 17.2 Å². The third-order valence-corrected chi connectivity index (χ3v) is 4.07. The summed E-state index contributed by atoms with van der Waals surface area (Å²) in [5, 5.41) is 4.47. The van der Waals surface area contributed by atoms with Crippen molar-refractivity contribution >= 4 is 17.2 Å². The largest absolute Gasteiger partial charge is 0.361 e. The van der Waals surface area contributed by atoms with Crippen LogP contribution in [0.2, 0.25) is 0 Å². The van der Waals surface area contributed by atoms with Gasteiger partial charge in [-0.05, 0) is 19.8 Å². The van der Waals surface area contributed by atoms with Gasteiger partial charge in [0.15, 0.2) is 0 Å². The summed E-state index contributed by atoms with van der Waals surface area (Å²) in [6, 6.07) is 2.17. The summed E-state index contributed by atoms with van der Waals surface area (Å²) >= 11 is 1.75. The Morgan fingerprint density at radius 3 is 2.72 bits per heavy atom. The van der Waals surface area contributed by atoms with E-state index in [2.05, 4.69) is 41.0 Å².